The first-order valence-electron chi connectivity index (χ1n) is 7.33. The number of primary amides is 1. The van der Waals surface area contributed by atoms with Crippen molar-refractivity contribution in [2.24, 2.45) is 5.73 Å². The van der Waals surface area contributed by atoms with Crippen LogP contribution < -0.4 is 15.2 Å². The highest BCUT2D eigenvalue weighted by atomic mass is 16.5. The van der Waals surface area contributed by atoms with Gasteiger partial charge in [0.2, 0.25) is 5.91 Å². The van der Waals surface area contributed by atoms with E-state index in [4.69, 9.17) is 20.5 Å². The van der Waals surface area contributed by atoms with E-state index in [1.165, 1.54) is 0 Å². The van der Waals surface area contributed by atoms with Gasteiger partial charge in [-0.2, -0.15) is 5.26 Å². The third kappa shape index (κ3) is 3.68. The second-order valence-corrected chi connectivity index (χ2v) is 5.41. The first-order chi connectivity index (χ1) is 10.5. The van der Waals surface area contributed by atoms with Gasteiger partial charge in [-0.25, -0.2) is 0 Å². The lowest BCUT2D eigenvalue weighted by Gasteiger charge is -2.34. The number of nitriles is 1. The van der Waals surface area contributed by atoms with Crippen molar-refractivity contribution < 1.29 is 14.3 Å². The molecule has 6 nitrogen and oxygen atoms in total. The Balaban J connectivity index is 1.99. The van der Waals surface area contributed by atoms with Crippen LogP contribution in [0.4, 0.5) is 0 Å². The number of likely N-dealkylation sites (tertiary alicyclic amines) is 1. The molecule has 22 heavy (non-hydrogen) atoms. The third-order valence-electron chi connectivity index (χ3n) is 4.02. The maximum Gasteiger partial charge on any atom is 0.234 e. The Labute approximate surface area is 130 Å². The van der Waals surface area contributed by atoms with Gasteiger partial charge in [0.05, 0.1) is 24.8 Å². The summed E-state index contributed by atoms with van der Waals surface area (Å²) >= 11 is 0. The Morgan fingerprint density at radius 2 is 2.09 bits per heavy atom. The SMILES string of the molecule is COc1ccc(C#N)cc1OC1CCN(C(C)C(N)=O)CC1. The summed E-state index contributed by atoms with van der Waals surface area (Å²) in [7, 11) is 1.57. The van der Waals surface area contributed by atoms with Crippen molar-refractivity contribution in [3.63, 3.8) is 0 Å². The van der Waals surface area contributed by atoms with Crippen LogP contribution >= 0.6 is 0 Å². The number of ether oxygens (including phenoxy) is 2. The van der Waals surface area contributed by atoms with Gasteiger partial charge in [0.25, 0.3) is 0 Å². The molecule has 1 aromatic rings. The molecule has 1 saturated heterocycles. The van der Waals surface area contributed by atoms with Gasteiger partial charge in [0.1, 0.15) is 6.10 Å². The van der Waals surface area contributed by atoms with Gasteiger partial charge in [0.15, 0.2) is 11.5 Å². The standard InChI is InChI=1S/C16H21N3O3/c1-11(16(18)20)19-7-5-13(6-8-19)22-15-9-12(10-17)3-4-14(15)21-2/h3-4,9,11,13H,5-8H2,1-2H3,(H2,18,20). The van der Waals surface area contributed by atoms with Gasteiger partial charge >= 0.3 is 0 Å². The molecule has 1 fully saturated rings. The average molecular weight is 303 g/mol. The monoisotopic (exact) mass is 303 g/mol. The van der Waals surface area contributed by atoms with Crippen LogP contribution in [-0.2, 0) is 4.79 Å². The lowest BCUT2D eigenvalue weighted by atomic mass is 10.1. The molecular weight excluding hydrogens is 282 g/mol. The number of hydrogen-bond acceptors (Lipinski definition) is 5. The Morgan fingerprint density at radius 1 is 1.41 bits per heavy atom. The lowest BCUT2D eigenvalue weighted by Crippen LogP contribution is -2.48. The Kier molecular flexibility index (Phi) is 5.23. The predicted octanol–water partition coefficient (Wildman–Crippen LogP) is 1.28. The molecule has 0 aliphatic carbocycles. The van der Waals surface area contributed by atoms with E-state index in [9.17, 15) is 4.79 Å². The molecule has 1 unspecified atom stereocenters. The molecule has 2 N–H and O–H groups in total. The van der Waals surface area contributed by atoms with E-state index in [1.807, 2.05) is 6.92 Å². The number of benzene rings is 1. The fourth-order valence-electron chi connectivity index (χ4n) is 2.58. The van der Waals surface area contributed by atoms with Crippen molar-refractivity contribution in [3.05, 3.63) is 23.8 Å². The molecule has 1 atom stereocenters. The van der Waals surface area contributed by atoms with Crippen LogP contribution in [-0.4, -0.2) is 43.2 Å². The summed E-state index contributed by atoms with van der Waals surface area (Å²) in [6.07, 6.45) is 1.65. The lowest BCUT2D eigenvalue weighted by molar-refractivity contribution is -0.123. The van der Waals surface area contributed by atoms with Gasteiger partial charge < -0.3 is 15.2 Å². The first kappa shape index (κ1) is 16.1. The molecule has 1 aliphatic rings. The smallest absolute Gasteiger partial charge is 0.234 e. The van der Waals surface area contributed by atoms with Crippen LogP contribution in [0.2, 0.25) is 0 Å². The highest BCUT2D eigenvalue weighted by Gasteiger charge is 2.26. The Morgan fingerprint density at radius 3 is 2.64 bits per heavy atom. The second kappa shape index (κ2) is 7.14. The van der Waals surface area contributed by atoms with Crippen molar-refractivity contribution in [1.29, 1.82) is 5.26 Å². The predicted molar refractivity (Wildman–Crippen MR) is 81.6 cm³/mol. The van der Waals surface area contributed by atoms with Crippen molar-refractivity contribution in [2.45, 2.75) is 31.9 Å². The summed E-state index contributed by atoms with van der Waals surface area (Å²) in [5, 5.41) is 8.98. The van der Waals surface area contributed by atoms with E-state index < -0.39 is 0 Å². The molecule has 1 heterocycles. The molecule has 1 aromatic carbocycles. The summed E-state index contributed by atoms with van der Waals surface area (Å²) < 4.78 is 11.3. The van der Waals surface area contributed by atoms with E-state index >= 15 is 0 Å². The fourth-order valence-corrected chi connectivity index (χ4v) is 2.58. The van der Waals surface area contributed by atoms with Crippen LogP contribution in [0.25, 0.3) is 0 Å². The third-order valence-corrected chi connectivity index (χ3v) is 4.02. The van der Waals surface area contributed by atoms with E-state index in [-0.39, 0.29) is 18.1 Å². The average Bonchev–Trinajstić information content (AvgIpc) is 2.54. The molecule has 118 valence electrons. The highest BCUT2D eigenvalue weighted by molar-refractivity contribution is 5.79. The minimum atomic E-state index is -0.303. The van der Waals surface area contributed by atoms with Crippen LogP contribution in [0.5, 0.6) is 11.5 Å². The van der Waals surface area contributed by atoms with Crippen LogP contribution in [0.3, 0.4) is 0 Å². The van der Waals surface area contributed by atoms with Crippen LogP contribution in [0, 0.1) is 11.3 Å². The number of carbonyl (C=O) groups excluding carboxylic acids is 1. The van der Waals surface area contributed by atoms with Crippen LogP contribution in [0.15, 0.2) is 18.2 Å². The summed E-state index contributed by atoms with van der Waals surface area (Å²) in [6, 6.07) is 6.97. The highest BCUT2D eigenvalue weighted by Crippen LogP contribution is 2.30. The topological polar surface area (TPSA) is 88.6 Å². The summed E-state index contributed by atoms with van der Waals surface area (Å²) in [5.41, 5.74) is 5.87. The quantitative estimate of drug-likeness (QED) is 0.885. The zero-order valence-corrected chi connectivity index (χ0v) is 12.9. The van der Waals surface area contributed by atoms with Gasteiger partial charge in [-0.05, 0) is 31.9 Å². The van der Waals surface area contributed by atoms with E-state index in [2.05, 4.69) is 11.0 Å². The second-order valence-electron chi connectivity index (χ2n) is 5.41. The molecule has 0 radical (unpaired) electrons. The number of nitrogens with zero attached hydrogens (tertiary/aromatic N) is 2. The fraction of sp³-hybridized carbons (Fsp3) is 0.500. The molecule has 1 amide bonds. The molecule has 6 heteroatoms. The number of rotatable bonds is 5. The zero-order chi connectivity index (χ0) is 16.1. The normalized spacial score (nSPS) is 17.5. The minimum Gasteiger partial charge on any atom is -0.493 e. The van der Waals surface area contributed by atoms with E-state index in [0.29, 0.717) is 17.1 Å². The van der Waals surface area contributed by atoms with Gasteiger partial charge in [0, 0.05) is 19.2 Å². The number of carbonyl (C=O) groups is 1. The Bertz CT molecular complexity index is 574. The number of methoxy groups -OCH3 is 1. The first-order valence-corrected chi connectivity index (χ1v) is 7.33. The minimum absolute atomic E-state index is 0.0409. The van der Waals surface area contributed by atoms with Crippen molar-refractivity contribution >= 4 is 5.91 Å². The van der Waals surface area contributed by atoms with E-state index in [1.54, 1.807) is 25.3 Å². The molecule has 2 rings (SSSR count). The van der Waals surface area contributed by atoms with Crippen molar-refractivity contribution in [3.8, 4) is 17.6 Å². The number of hydrogen-bond donors (Lipinski definition) is 1. The molecule has 0 aromatic heterocycles. The van der Waals surface area contributed by atoms with E-state index in [0.717, 1.165) is 25.9 Å². The molecule has 0 spiro atoms. The number of amides is 1. The largest absolute Gasteiger partial charge is 0.493 e. The molecular formula is C16H21N3O3. The van der Waals surface area contributed by atoms with Gasteiger partial charge in [-0.1, -0.05) is 0 Å². The number of nitrogens with two attached hydrogens (primary N) is 1. The Hall–Kier alpha value is -2.26. The van der Waals surface area contributed by atoms with Crippen molar-refractivity contribution in [2.75, 3.05) is 20.2 Å². The molecule has 1 aliphatic heterocycles. The molecule has 0 saturated carbocycles. The van der Waals surface area contributed by atoms with Gasteiger partial charge in [-0.15, -0.1) is 0 Å². The maximum atomic E-state index is 11.2. The van der Waals surface area contributed by atoms with Crippen LogP contribution in [0.1, 0.15) is 25.3 Å². The summed E-state index contributed by atoms with van der Waals surface area (Å²) in [6.45, 7) is 3.34. The zero-order valence-electron chi connectivity index (χ0n) is 12.9. The van der Waals surface area contributed by atoms with Crippen molar-refractivity contribution in [1.82, 2.24) is 4.90 Å². The summed E-state index contributed by atoms with van der Waals surface area (Å²) in [4.78, 5) is 13.3. The van der Waals surface area contributed by atoms with Gasteiger partial charge in [-0.3, -0.25) is 9.69 Å². The molecule has 0 bridgehead atoms. The number of piperidine rings is 1. The maximum absolute atomic E-state index is 11.2. The summed E-state index contributed by atoms with van der Waals surface area (Å²) in [5.74, 6) is 0.901.